The Kier molecular flexibility index (Phi) is 5.29. The van der Waals surface area contributed by atoms with Crippen LogP contribution in [0.2, 0.25) is 0 Å². The van der Waals surface area contributed by atoms with E-state index >= 15 is 0 Å². The number of benzene rings is 1. The molecule has 1 aromatic carbocycles. The van der Waals surface area contributed by atoms with E-state index in [1.807, 2.05) is 41.8 Å². The number of aliphatic hydroxyl groups excluding tert-OH is 1. The van der Waals surface area contributed by atoms with Crippen LogP contribution in [0.1, 0.15) is 41.5 Å². The number of rotatable bonds is 7. The fraction of sp³-hybridized carbons (Fsp3) is 0.471. The second-order valence-electron chi connectivity index (χ2n) is 5.60. The van der Waals surface area contributed by atoms with E-state index in [1.54, 1.807) is 0 Å². The first kappa shape index (κ1) is 15.3. The fourth-order valence-corrected chi connectivity index (χ4v) is 3.81. The van der Waals surface area contributed by atoms with E-state index in [1.165, 1.54) is 35.6 Å². The first-order valence-electron chi connectivity index (χ1n) is 7.87. The fourth-order valence-electron chi connectivity index (χ4n) is 2.79. The summed E-state index contributed by atoms with van der Waals surface area (Å²) in [5.74, 6) is 1.47. The zero-order valence-corrected chi connectivity index (χ0v) is 13.4. The average molecular weight is 318 g/mol. The van der Waals surface area contributed by atoms with Crippen molar-refractivity contribution < 1.29 is 9.84 Å². The molecule has 1 fully saturated rings. The van der Waals surface area contributed by atoms with Crippen LogP contribution in [0.25, 0.3) is 0 Å². The van der Waals surface area contributed by atoms with Crippen LogP contribution >= 0.6 is 11.3 Å². The third kappa shape index (κ3) is 3.99. The molecule has 2 aromatic rings. The molecule has 5 heteroatoms. The highest BCUT2D eigenvalue weighted by atomic mass is 32.1. The largest absolute Gasteiger partial charge is 0.491 e. The molecule has 0 bridgehead atoms. The molecule has 2 N–H and O–H groups in total. The van der Waals surface area contributed by atoms with E-state index in [9.17, 15) is 0 Å². The first-order valence-corrected chi connectivity index (χ1v) is 8.69. The summed E-state index contributed by atoms with van der Waals surface area (Å²) in [4.78, 5) is 5.87. The highest BCUT2D eigenvalue weighted by Crippen LogP contribution is 2.36. The van der Waals surface area contributed by atoms with Gasteiger partial charge in [-0.1, -0.05) is 12.8 Å². The van der Waals surface area contributed by atoms with Crippen molar-refractivity contribution >= 4 is 17.0 Å². The number of aliphatic hydroxyl groups is 1. The summed E-state index contributed by atoms with van der Waals surface area (Å²) >= 11 is 1.84. The maximum atomic E-state index is 8.73. The van der Waals surface area contributed by atoms with Crippen LogP contribution in [-0.2, 0) is 6.54 Å². The van der Waals surface area contributed by atoms with E-state index in [-0.39, 0.29) is 6.61 Å². The number of hydrogen-bond donors (Lipinski definition) is 2. The van der Waals surface area contributed by atoms with E-state index in [2.05, 4.69) is 10.3 Å². The summed E-state index contributed by atoms with van der Waals surface area (Å²) in [6.45, 7) is 1.17. The van der Waals surface area contributed by atoms with Crippen LogP contribution < -0.4 is 10.1 Å². The van der Waals surface area contributed by atoms with Crippen LogP contribution in [0.5, 0.6) is 5.75 Å². The molecule has 118 valence electrons. The summed E-state index contributed by atoms with van der Waals surface area (Å²) in [6, 6.07) is 7.81. The Morgan fingerprint density at radius 1 is 1.23 bits per heavy atom. The van der Waals surface area contributed by atoms with Crippen molar-refractivity contribution in [3.05, 3.63) is 40.3 Å². The zero-order valence-electron chi connectivity index (χ0n) is 12.6. The lowest BCUT2D eigenvalue weighted by molar-refractivity contribution is 0.201. The van der Waals surface area contributed by atoms with Crippen LogP contribution in [-0.4, -0.2) is 23.3 Å². The molecule has 0 radical (unpaired) electrons. The van der Waals surface area contributed by atoms with Crippen molar-refractivity contribution in [2.75, 3.05) is 18.5 Å². The minimum Gasteiger partial charge on any atom is -0.491 e. The predicted molar refractivity (Wildman–Crippen MR) is 89.7 cm³/mol. The van der Waals surface area contributed by atoms with Crippen molar-refractivity contribution in [1.29, 1.82) is 0 Å². The second-order valence-corrected chi connectivity index (χ2v) is 6.74. The van der Waals surface area contributed by atoms with Gasteiger partial charge in [-0.3, -0.25) is 0 Å². The Balaban J connectivity index is 1.51. The summed E-state index contributed by atoms with van der Waals surface area (Å²) < 4.78 is 5.35. The summed E-state index contributed by atoms with van der Waals surface area (Å²) in [7, 11) is 0. The molecule has 0 unspecified atom stereocenters. The van der Waals surface area contributed by atoms with Crippen molar-refractivity contribution in [3.63, 3.8) is 0 Å². The number of anilines is 1. The van der Waals surface area contributed by atoms with Crippen molar-refractivity contribution in [2.45, 2.75) is 38.1 Å². The first-order chi connectivity index (χ1) is 10.8. The van der Waals surface area contributed by atoms with Gasteiger partial charge in [-0.2, -0.15) is 0 Å². The molecule has 1 aliphatic carbocycles. The molecule has 1 saturated carbocycles. The number of thiazole rings is 1. The van der Waals surface area contributed by atoms with Crippen molar-refractivity contribution in [3.8, 4) is 5.75 Å². The minimum atomic E-state index is 0.0364. The third-order valence-electron chi connectivity index (χ3n) is 3.96. The van der Waals surface area contributed by atoms with Crippen molar-refractivity contribution in [1.82, 2.24) is 4.98 Å². The van der Waals surface area contributed by atoms with Gasteiger partial charge in [0.2, 0.25) is 0 Å². The SMILES string of the molecule is OCCOc1ccc(NCc2cnc(C3CCCC3)s2)cc1. The molecule has 22 heavy (non-hydrogen) atoms. The van der Waals surface area contributed by atoms with Gasteiger partial charge < -0.3 is 15.2 Å². The van der Waals surface area contributed by atoms with E-state index in [0.717, 1.165) is 18.0 Å². The highest BCUT2D eigenvalue weighted by Gasteiger charge is 2.19. The van der Waals surface area contributed by atoms with Crippen LogP contribution in [0.4, 0.5) is 5.69 Å². The lowest BCUT2D eigenvalue weighted by Crippen LogP contribution is -2.02. The summed E-state index contributed by atoms with van der Waals surface area (Å²) in [5.41, 5.74) is 1.06. The van der Waals surface area contributed by atoms with Gasteiger partial charge >= 0.3 is 0 Å². The topological polar surface area (TPSA) is 54.4 Å². The van der Waals surface area contributed by atoms with Crippen LogP contribution in [0.3, 0.4) is 0 Å². The van der Waals surface area contributed by atoms with E-state index in [4.69, 9.17) is 9.84 Å². The van der Waals surface area contributed by atoms with Gasteiger partial charge in [0.05, 0.1) is 18.2 Å². The second kappa shape index (κ2) is 7.61. The van der Waals surface area contributed by atoms with Gasteiger partial charge in [-0.05, 0) is 37.1 Å². The molecule has 0 amide bonds. The Hall–Kier alpha value is -1.59. The lowest BCUT2D eigenvalue weighted by Gasteiger charge is -2.07. The number of nitrogens with one attached hydrogen (secondary N) is 1. The third-order valence-corrected chi connectivity index (χ3v) is 5.12. The standard InChI is InChI=1S/C17H22N2O2S/c20-9-10-21-15-7-5-14(6-8-15)18-11-16-12-19-17(22-16)13-3-1-2-4-13/h5-8,12-13,18,20H,1-4,9-11H2. The predicted octanol–water partition coefficient (Wildman–Crippen LogP) is 3.78. The molecule has 0 atom stereocenters. The normalized spacial score (nSPS) is 15.1. The molecule has 3 rings (SSSR count). The van der Waals surface area contributed by atoms with Crippen molar-refractivity contribution in [2.24, 2.45) is 0 Å². The maximum Gasteiger partial charge on any atom is 0.119 e. The van der Waals surface area contributed by atoms with Gasteiger partial charge in [-0.25, -0.2) is 4.98 Å². The monoisotopic (exact) mass is 318 g/mol. The highest BCUT2D eigenvalue weighted by molar-refractivity contribution is 7.11. The molecule has 0 aliphatic heterocycles. The maximum absolute atomic E-state index is 8.73. The summed E-state index contributed by atoms with van der Waals surface area (Å²) in [6.07, 6.45) is 7.31. The van der Waals surface area contributed by atoms with Gasteiger partial charge in [0.1, 0.15) is 12.4 Å². The van der Waals surface area contributed by atoms with Gasteiger partial charge in [-0.15, -0.1) is 11.3 Å². The number of nitrogens with zero attached hydrogens (tertiary/aromatic N) is 1. The van der Waals surface area contributed by atoms with Gasteiger partial charge in [0.15, 0.2) is 0 Å². The molecule has 0 saturated heterocycles. The molecule has 0 spiro atoms. The number of ether oxygens (including phenoxy) is 1. The van der Waals surface area contributed by atoms with E-state index < -0.39 is 0 Å². The average Bonchev–Trinajstić information content (AvgIpc) is 3.23. The smallest absolute Gasteiger partial charge is 0.119 e. The molecule has 4 nitrogen and oxygen atoms in total. The zero-order chi connectivity index (χ0) is 15.2. The van der Waals surface area contributed by atoms with Gasteiger partial charge in [0, 0.05) is 22.7 Å². The Bertz CT molecular complexity index is 577. The molecular weight excluding hydrogens is 296 g/mol. The molecule has 1 heterocycles. The van der Waals surface area contributed by atoms with E-state index in [0.29, 0.717) is 12.5 Å². The number of aromatic nitrogens is 1. The lowest BCUT2D eigenvalue weighted by atomic mass is 10.1. The Labute approximate surface area is 135 Å². The number of hydrogen-bond acceptors (Lipinski definition) is 5. The van der Waals surface area contributed by atoms with Crippen LogP contribution in [0.15, 0.2) is 30.5 Å². The molecular formula is C17H22N2O2S. The Morgan fingerprint density at radius 2 is 2.00 bits per heavy atom. The quantitative estimate of drug-likeness (QED) is 0.815. The summed E-state index contributed by atoms with van der Waals surface area (Å²) in [5, 5.41) is 13.5. The Morgan fingerprint density at radius 3 is 2.73 bits per heavy atom. The van der Waals surface area contributed by atoms with Gasteiger partial charge in [0.25, 0.3) is 0 Å². The molecule has 1 aromatic heterocycles. The molecule has 1 aliphatic rings. The van der Waals surface area contributed by atoms with Crippen LogP contribution in [0, 0.1) is 0 Å². The minimum absolute atomic E-state index is 0.0364.